The molecule has 0 aliphatic heterocycles. The summed E-state index contributed by atoms with van der Waals surface area (Å²) in [5.74, 6) is -0.465. The van der Waals surface area contributed by atoms with Gasteiger partial charge in [-0.3, -0.25) is 10.7 Å². The number of nitrogen functional groups attached to an aromatic ring is 1. The SMILES string of the molecule is N=C(Cc1ccc(N)cc1)Cc1nonc1C(=Nc1ccc(F)c(Br)c1)NO. The number of hydrogen-bond acceptors (Lipinski definition) is 7. The van der Waals surface area contributed by atoms with Gasteiger partial charge in [0, 0.05) is 24.2 Å². The molecule has 1 heterocycles. The van der Waals surface area contributed by atoms with Crippen LogP contribution in [-0.2, 0) is 12.8 Å². The van der Waals surface area contributed by atoms with Crippen molar-refractivity contribution in [2.75, 3.05) is 5.73 Å². The average Bonchev–Trinajstić information content (AvgIpc) is 3.12. The Morgan fingerprint density at radius 1 is 1.21 bits per heavy atom. The molecule has 28 heavy (non-hydrogen) atoms. The van der Waals surface area contributed by atoms with Crippen molar-refractivity contribution in [1.29, 1.82) is 5.41 Å². The summed E-state index contributed by atoms with van der Waals surface area (Å²) in [4.78, 5) is 4.20. The molecule has 0 unspecified atom stereocenters. The third-order valence-electron chi connectivity index (χ3n) is 3.81. The van der Waals surface area contributed by atoms with Crippen molar-refractivity contribution in [2.24, 2.45) is 4.99 Å². The maximum absolute atomic E-state index is 13.4. The fraction of sp³-hybridized carbons (Fsp3) is 0.111. The zero-order valence-corrected chi connectivity index (χ0v) is 16.1. The zero-order chi connectivity index (χ0) is 20.1. The van der Waals surface area contributed by atoms with E-state index in [0.717, 1.165) is 5.56 Å². The summed E-state index contributed by atoms with van der Waals surface area (Å²) >= 11 is 3.08. The Hall–Kier alpha value is -3.11. The van der Waals surface area contributed by atoms with Crippen LogP contribution in [0.3, 0.4) is 0 Å². The van der Waals surface area contributed by atoms with E-state index in [0.29, 0.717) is 29.2 Å². The molecule has 144 valence electrons. The van der Waals surface area contributed by atoms with E-state index in [-0.39, 0.29) is 22.4 Å². The number of aliphatic imine (C=N–C) groups is 1. The van der Waals surface area contributed by atoms with Crippen molar-refractivity contribution >= 4 is 38.9 Å². The van der Waals surface area contributed by atoms with E-state index in [4.69, 9.17) is 15.8 Å². The van der Waals surface area contributed by atoms with E-state index in [1.165, 1.54) is 18.2 Å². The van der Waals surface area contributed by atoms with Crippen LogP contribution in [0.4, 0.5) is 15.8 Å². The third kappa shape index (κ3) is 4.78. The van der Waals surface area contributed by atoms with Crippen LogP contribution in [0.25, 0.3) is 0 Å². The predicted octanol–water partition coefficient (Wildman–Crippen LogP) is 3.42. The molecule has 0 fully saturated rings. The van der Waals surface area contributed by atoms with E-state index >= 15 is 0 Å². The van der Waals surface area contributed by atoms with E-state index < -0.39 is 5.82 Å². The van der Waals surface area contributed by atoms with Crippen LogP contribution in [0.2, 0.25) is 0 Å². The molecule has 2 aromatic carbocycles. The lowest BCUT2D eigenvalue weighted by atomic mass is 10.0. The molecule has 3 rings (SSSR count). The molecule has 0 bridgehead atoms. The highest BCUT2D eigenvalue weighted by atomic mass is 79.9. The van der Waals surface area contributed by atoms with E-state index in [1.54, 1.807) is 12.1 Å². The number of hydroxylamine groups is 1. The summed E-state index contributed by atoms with van der Waals surface area (Å²) in [6, 6.07) is 11.4. The van der Waals surface area contributed by atoms with Crippen LogP contribution in [0.15, 0.2) is 56.6 Å². The van der Waals surface area contributed by atoms with Gasteiger partial charge in [0.15, 0.2) is 11.5 Å². The molecule has 1 aromatic heterocycles. The van der Waals surface area contributed by atoms with Crippen LogP contribution < -0.4 is 11.2 Å². The molecule has 0 radical (unpaired) electrons. The van der Waals surface area contributed by atoms with E-state index in [9.17, 15) is 9.60 Å². The van der Waals surface area contributed by atoms with Gasteiger partial charge in [-0.25, -0.2) is 14.0 Å². The molecule has 0 aliphatic rings. The molecule has 0 atom stereocenters. The molecule has 0 saturated heterocycles. The summed E-state index contributed by atoms with van der Waals surface area (Å²) in [6.45, 7) is 0. The van der Waals surface area contributed by atoms with Crippen molar-refractivity contribution in [3.63, 3.8) is 0 Å². The van der Waals surface area contributed by atoms with Gasteiger partial charge in [-0.05, 0) is 57.0 Å². The van der Waals surface area contributed by atoms with Gasteiger partial charge in [0.2, 0.25) is 0 Å². The molecule has 5 N–H and O–H groups in total. The van der Waals surface area contributed by atoms with Crippen molar-refractivity contribution in [3.8, 4) is 0 Å². The van der Waals surface area contributed by atoms with Crippen LogP contribution in [-0.4, -0.2) is 27.1 Å². The number of nitrogens with one attached hydrogen (secondary N) is 2. The van der Waals surface area contributed by atoms with Crippen molar-refractivity contribution in [2.45, 2.75) is 12.8 Å². The summed E-state index contributed by atoms with van der Waals surface area (Å²) in [7, 11) is 0. The fourth-order valence-electron chi connectivity index (χ4n) is 2.46. The van der Waals surface area contributed by atoms with Crippen LogP contribution in [0.1, 0.15) is 17.0 Å². The Morgan fingerprint density at radius 3 is 2.64 bits per heavy atom. The van der Waals surface area contributed by atoms with Gasteiger partial charge >= 0.3 is 0 Å². The average molecular weight is 447 g/mol. The first-order valence-corrected chi connectivity index (χ1v) is 8.92. The zero-order valence-electron chi connectivity index (χ0n) is 14.5. The molecule has 0 aliphatic carbocycles. The Bertz CT molecular complexity index is 1020. The first-order chi connectivity index (χ1) is 13.5. The molecule has 0 saturated carbocycles. The molecule has 0 spiro atoms. The Kier molecular flexibility index (Phi) is 6.12. The number of amidine groups is 1. The van der Waals surface area contributed by atoms with Gasteiger partial charge in [0.05, 0.1) is 10.2 Å². The van der Waals surface area contributed by atoms with E-state index in [2.05, 4.69) is 31.2 Å². The lowest BCUT2D eigenvalue weighted by Gasteiger charge is -2.06. The van der Waals surface area contributed by atoms with Crippen molar-refractivity contribution < 1.29 is 14.2 Å². The normalized spacial score (nSPS) is 11.5. The van der Waals surface area contributed by atoms with Gasteiger partial charge in [0.1, 0.15) is 11.5 Å². The Morgan fingerprint density at radius 2 is 1.96 bits per heavy atom. The number of rotatable bonds is 6. The lowest BCUT2D eigenvalue weighted by molar-refractivity contribution is 0.234. The van der Waals surface area contributed by atoms with Crippen molar-refractivity contribution in [1.82, 2.24) is 15.8 Å². The van der Waals surface area contributed by atoms with E-state index in [1.807, 2.05) is 17.6 Å². The number of hydrogen-bond donors (Lipinski definition) is 4. The highest BCUT2D eigenvalue weighted by Crippen LogP contribution is 2.23. The maximum atomic E-state index is 13.4. The molecular formula is C18H16BrFN6O2. The van der Waals surface area contributed by atoms with Gasteiger partial charge in [-0.15, -0.1) is 0 Å². The number of nitrogens with two attached hydrogens (primary N) is 1. The van der Waals surface area contributed by atoms with Gasteiger partial charge in [0.25, 0.3) is 0 Å². The molecule has 10 heteroatoms. The minimum Gasteiger partial charge on any atom is -0.399 e. The quantitative estimate of drug-likeness (QED) is 0.198. The highest BCUT2D eigenvalue weighted by Gasteiger charge is 2.18. The summed E-state index contributed by atoms with van der Waals surface area (Å²) in [6.07, 6.45) is 0.549. The standard InChI is InChI=1S/C18H16BrFN6O2/c19-14-9-13(5-6-15(14)20)23-18(24-27)17-16(25-28-26-17)8-12(22)7-10-1-3-11(21)4-2-10/h1-6,9,22,27H,7-8,21H2,(H,23,24). The smallest absolute Gasteiger partial charge is 0.182 e. The first-order valence-electron chi connectivity index (χ1n) is 8.12. The Labute approximate surface area is 167 Å². The van der Waals surface area contributed by atoms with Crippen LogP contribution in [0.5, 0.6) is 0 Å². The summed E-state index contributed by atoms with van der Waals surface area (Å²) in [5, 5.41) is 25.2. The minimum absolute atomic E-state index is 0.0324. The highest BCUT2D eigenvalue weighted by molar-refractivity contribution is 9.10. The molecule has 3 aromatic rings. The second-order valence-electron chi connectivity index (χ2n) is 5.93. The largest absolute Gasteiger partial charge is 0.399 e. The first kappa shape index (κ1) is 19.6. The second-order valence-corrected chi connectivity index (χ2v) is 6.78. The second kappa shape index (κ2) is 8.72. The number of aromatic nitrogens is 2. The monoisotopic (exact) mass is 446 g/mol. The molecule has 0 amide bonds. The number of benzene rings is 2. The molecule has 8 nitrogen and oxygen atoms in total. The van der Waals surface area contributed by atoms with Gasteiger partial charge in [-0.1, -0.05) is 17.3 Å². The minimum atomic E-state index is -0.433. The topological polar surface area (TPSA) is 133 Å². The maximum Gasteiger partial charge on any atom is 0.182 e. The summed E-state index contributed by atoms with van der Waals surface area (Å²) in [5.41, 5.74) is 10.4. The Balaban J connectivity index is 1.79. The predicted molar refractivity (Wildman–Crippen MR) is 106 cm³/mol. The van der Waals surface area contributed by atoms with Crippen LogP contribution >= 0.6 is 15.9 Å². The van der Waals surface area contributed by atoms with Gasteiger partial charge < -0.3 is 11.1 Å². The number of nitrogens with zero attached hydrogens (tertiary/aromatic N) is 3. The summed E-state index contributed by atoms with van der Waals surface area (Å²) < 4.78 is 18.4. The van der Waals surface area contributed by atoms with Crippen LogP contribution in [0, 0.1) is 11.2 Å². The van der Waals surface area contributed by atoms with Gasteiger partial charge in [-0.2, -0.15) is 0 Å². The molecular weight excluding hydrogens is 431 g/mol. The lowest BCUT2D eigenvalue weighted by Crippen LogP contribution is -2.23. The number of halogens is 2. The van der Waals surface area contributed by atoms with Crippen molar-refractivity contribution in [3.05, 3.63) is 69.7 Å². The third-order valence-corrected chi connectivity index (χ3v) is 4.42. The number of anilines is 1. The fourth-order valence-corrected chi connectivity index (χ4v) is 2.83.